The third-order valence-corrected chi connectivity index (χ3v) is 4.99. The van der Waals surface area contributed by atoms with Gasteiger partial charge in [0.2, 0.25) is 17.7 Å². The molecule has 0 heterocycles. The summed E-state index contributed by atoms with van der Waals surface area (Å²) in [5, 5.41) is 26.4. The molecule has 0 aliphatic rings. The first-order valence-corrected chi connectivity index (χ1v) is 11.1. The van der Waals surface area contributed by atoms with E-state index in [0.29, 0.717) is 25.8 Å². The van der Waals surface area contributed by atoms with Crippen molar-refractivity contribution in [3.63, 3.8) is 0 Å². The van der Waals surface area contributed by atoms with Crippen LogP contribution in [0.2, 0.25) is 0 Å². The number of amides is 3. The molecule has 0 radical (unpaired) electrons. The number of hydrogen-bond donors (Lipinski definition) is 7. The predicted molar refractivity (Wildman–Crippen MR) is 120 cm³/mol. The van der Waals surface area contributed by atoms with Gasteiger partial charge in [-0.2, -0.15) is 0 Å². The van der Waals surface area contributed by atoms with Crippen LogP contribution in [0.1, 0.15) is 60.3 Å². The molecule has 0 aliphatic carbocycles. The molecule has 11 heteroatoms. The Morgan fingerprint density at radius 3 is 1.81 bits per heavy atom. The lowest BCUT2D eigenvalue weighted by molar-refractivity contribution is -0.145. The van der Waals surface area contributed by atoms with Gasteiger partial charge in [-0.1, -0.05) is 27.7 Å². The maximum atomic E-state index is 13.0. The summed E-state index contributed by atoms with van der Waals surface area (Å²) in [6.45, 7) is 9.00. The minimum atomic E-state index is -1.52. The highest BCUT2D eigenvalue weighted by Gasteiger charge is 2.32. The summed E-state index contributed by atoms with van der Waals surface area (Å²) in [5.41, 5.74) is 11.4. The first kappa shape index (κ1) is 29.8. The Morgan fingerprint density at radius 1 is 0.844 bits per heavy atom. The van der Waals surface area contributed by atoms with Crippen LogP contribution in [-0.2, 0) is 19.2 Å². The van der Waals surface area contributed by atoms with Gasteiger partial charge in [-0.15, -0.1) is 0 Å². The minimum absolute atomic E-state index is 0.0671. The quantitative estimate of drug-likeness (QED) is 0.152. The number of hydrogen-bond acceptors (Lipinski definition) is 7. The number of nitrogens with one attached hydrogen (secondary N) is 3. The van der Waals surface area contributed by atoms with Crippen LogP contribution in [-0.4, -0.2) is 70.7 Å². The standard InChI is InChI=1S/C21H41N5O6/c1-11(2)10-15(25-20(30)16(23)12(3)4)19(29)24-14(8-6-7-9-22)18(28)26-17(13(5)27)21(31)32/h11-17,27H,6-10,22-23H2,1-5H3,(H,24,29)(H,25,30)(H,26,28)(H,31,32). The van der Waals surface area contributed by atoms with E-state index in [9.17, 15) is 29.4 Å². The second-order valence-electron chi connectivity index (χ2n) is 8.87. The Hall–Kier alpha value is -2.24. The maximum Gasteiger partial charge on any atom is 0.328 e. The van der Waals surface area contributed by atoms with Gasteiger partial charge in [-0.3, -0.25) is 14.4 Å². The fraction of sp³-hybridized carbons (Fsp3) is 0.810. The molecule has 0 spiro atoms. The molecule has 0 saturated carbocycles. The molecule has 9 N–H and O–H groups in total. The van der Waals surface area contributed by atoms with E-state index in [4.69, 9.17) is 11.5 Å². The summed E-state index contributed by atoms with van der Waals surface area (Å²) in [6.07, 6.45) is 0.330. The molecule has 0 aromatic carbocycles. The fourth-order valence-electron chi connectivity index (χ4n) is 2.95. The largest absolute Gasteiger partial charge is 0.480 e. The van der Waals surface area contributed by atoms with E-state index in [0.717, 1.165) is 0 Å². The van der Waals surface area contributed by atoms with Crippen LogP contribution in [0.25, 0.3) is 0 Å². The van der Waals surface area contributed by atoms with Gasteiger partial charge in [-0.25, -0.2) is 4.79 Å². The number of aliphatic hydroxyl groups excluding tert-OH is 1. The number of rotatable bonds is 15. The molecule has 0 aliphatic heterocycles. The van der Waals surface area contributed by atoms with E-state index in [1.165, 1.54) is 6.92 Å². The summed E-state index contributed by atoms with van der Waals surface area (Å²) >= 11 is 0. The lowest BCUT2D eigenvalue weighted by atomic mass is 9.99. The molecule has 0 aromatic rings. The van der Waals surface area contributed by atoms with E-state index in [-0.39, 0.29) is 18.3 Å². The van der Waals surface area contributed by atoms with Crippen molar-refractivity contribution < 1.29 is 29.4 Å². The van der Waals surface area contributed by atoms with Crippen molar-refractivity contribution in [1.29, 1.82) is 0 Å². The number of aliphatic carboxylic acids is 1. The molecule has 0 rings (SSSR count). The molecule has 0 fully saturated rings. The van der Waals surface area contributed by atoms with E-state index in [2.05, 4.69) is 16.0 Å². The number of carboxylic acids is 1. The van der Waals surface area contributed by atoms with Gasteiger partial charge >= 0.3 is 5.97 Å². The average molecular weight is 460 g/mol. The molecule has 5 atom stereocenters. The van der Waals surface area contributed by atoms with E-state index in [1.807, 2.05) is 13.8 Å². The van der Waals surface area contributed by atoms with Crippen molar-refractivity contribution >= 4 is 23.7 Å². The highest BCUT2D eigenvalue weighted by Crippen LogP contribution is 2.09. The van der Waals surface area contributed by atoms with Gasteiger partial charge < -0.3 is 37.6 Å². The van der Waals surface area contributed by atoms with Crippen LogP contribution in [0.5, 0.6) is 0 Å². The maximum absolute atomic E-state index is 13.0. The van der Waals surface area contributed by atoms with Gasteiger partial charge in [0.25, 0.3) is 0 Å². The summed E-state index contributed by atoms with van der Waals surface area (Å²) in [5.74, 6) is -3.23. The third-order valence-electron chi connectivity index (χ3n) is 4.99. The number of carbonyl (C=O) groups is 4. The molecule has 0 bridgehead atoms. The summed E-state index contributed by atoms with van der Waals surface area (Å²) in [4.78, 5) is 49.4. The number of carbonyl (C=O) groups excluding carboxylic acids is 3. The first-order chi connectivity index (χ1) is 14.8. The number of carboxylic acid groups (broad SMARTS) is 1. The van der Waals surface area contributed by atoms with Gasteiger partial charge in [0.1, 0.15) is 12.1 Å². The zero-order valence-electron chi connectivity index (χ0n) is 19.8. The number of aliphatic hydroxyl groups is 1. The van der Waals surface area contributed by atoms with Crippen molar-refractivity contribution in [2.45, 2.75) is 90.6 Å². The van der Waals surface area contributed by atoms with Gasteiger partial charge in [0.15, 0.2) is 6.04 Å². The Balaban J connectivity index is 5.51. The van der Waals surface area contributed by atoms with Gasteiger partial charge in [0.05, 0.1) is 12.1 Å². The SMILES string of the molecule is CC(C)CC(NC(=O)C(N)C(C)C)C(=O)NC(CCCCN)C(=O)NC(C(=O)O)C(C)O. The zero-order valence-corrected chi connectivity index (χ0v) is 19.8. The lowest BCUT2D eigenvalue weighted by Crippen LogP contribution is -2.58. The van der Waals surface area contributed by atoms with Crippen LogP contribution < -0.4 is 27.4 Å². The van der Waals surface area contributed by atoms with Crippen LogP contribution in [0.4, 0.5) is 0 Å². The predicted octanol–water partition coefficient (Wildman–Crippen LogP) is -0.935. The van der Waals surface area contributed by atoms with Gasteiger partial charge in [0, 0.05) is 0 Å². The normalized spacial score (nSPS) is 16.1. The Bertz CT molecular complexity index is 626. The zero-order chi connectivity index (χ0) is 25.0. The highest BCUT2D eigenvalue weighted by atomic mass is 16.4. The molecular formula is C21H41N5O6. The lowest BCUT2D eigenvalue weighted by Gasteiger charge is -2.27. The Kier molecular flexibility index (Phi) is 13.7. The highest BCUT2D eigenvalue weighted by molar-refractivity contribution is 5.94. The summed E-state index contributed by atoms with van der Waals surface area (Å²) < 4.78 is 0. The van der Waals surface area contributed by atoms with E-state index < -0.39 is 54.0 Å². The van der Waals surface area contributed by atoms with Crippen LogP contribution in [0.3, 0.4) is 0 Å². The van der Waals surface area contributed by atoms with Crippen molar-refractivity contribution in [3.05, 3.63) is 0 Å². The van der Waals surface area contributed by atoms with E-state index in [1.54, 1.807) is 13.8 Å². The number of unbranched alkanes of at least 4 members (excludes halogenated alkanes) is 1. The van der Waals surface area contributed by atoms with Crippen molar-refractivity contribution in [2.24, 2.45) is 23.3 Å². The van der Waals surface area contributed by atoms with Gasteiger partial charge in [-0.05, 0) is 51.0 Å². The smallest absolute Gasteiger partial charge is 0.328 e. The monoisotopic (exact) mass is 459 g/mol. The Morgan fingerprint density at radius 2 is 1.38 bits per heavy atom. The van der Waals surface area contributed by atoms with E-state index >= 15 is 0 Å². The van der Waals surface area contributed by atoms with Crippen LogP contribution in [0.15, 0.2) is 0 Å². The molecule has 32 heavy (non-hydrogen) atoms. The molecule has 3 amide bonds. The number of nitrogens with two attached hydrogens (primary N) is 2. The topological polar surface area (TPSA) is 197 Å². The molecule has 186 valence electrons. The van der Waals surface area contributed by atoms with Crippen LogP contribution >= 0.6 is 0 Å². The minimum Gasteiger partial charge on any atom is -0.480 e. The summed E-state index contributed by atoms with van der Waals surface area (Å²) in [7, 11) is 0. The molecule has 0 aromatic heterocycles. The second kappa shape index (κ2) is 14.8. The second-order valence-corrected chi connectivity index (χ2v) is 8.87. The summed E-state index contributed by atoms with van der Waals surface area (Å²) in [6, 6.07) is -4.28. The first-order valence-electron chi connectivity index (χ1n) is 11.1. The third kappa shape index (κ3) is 10.9. The fourth-order valence-corrected chi connectivity index (χ4v) is 2.95. The van der Waals surface area contributed by atoms with Crippen molar-refractivity contribution in [3.8, 4) is 0 Å². The van der Waals surface area contributed by atoms with Crippen molar-refractivity contribution in [2.75, 3.05) is 6.54 Å². The molecule has 5 unspecified atom stereocenters. The van der Waals surface area contributed by atoms with Crippen molar-refractivity contribution in [1.82, 2.24) is 16.0 Å². The van der Waals surface area contributed by atoms with Crippen LogP contribution in [0, 0.1) is 11.8 Å². The molecular weight excluding hydrogens is 418 g/mol. The molecule has 11 nitrogen and oxygen atoms in total. The Labute approximate surface area is 190 Å². The molecule has 0 saturated heterocycles. The average Bonchev–Trinajstić information content (AvgIpc) is 2.68.